The van der Waals surface area contributed by atoms with Gasteiger partial charge in [0.15, 0.2) is 5.69 Å². The highest BCUT2D eigenvalue weighted by atomic mass is 35.5. The molecular formula is C20H18ClF2N7O2S. The zero-order valence-corrected chi connectivity index (χ0v) is 19.3. The molecule has 172 valence electrons. The Hall–Kier alpha value is -3.38. The fourth-order valence-electron chi connectivity index (χ4n) is 3.40. The predicted octanol–water partition coefficient (Wildman–Crippen LogP) is 4.06. The number of aryl methyl sites for hydroxylation is 2. The standard InChI is InChI=1S/C20H18ClF2N7O2S/c1-8-6-12(17(22)23)25-20-13(8)15(16(33-20)18(24)31)26-19(32)11-4-5-29(28-11)7-30-10(3)14(21)9(2)27-30/h4-6,17H,7H2,1-3H3,(H2,24,31)(H,26,32). The molecule has 0 saturated heterocycles. The van der Waals surface area contributed by atoms with E-state index in [1.165, 1.54) is 16.8 Å². The van der Waals surface area contributed by atoms with E-state index in [1.807, 2.05) is 6.92 Å². The smallest absolute Gasteiger partial charge is 0.280 e. The molecule has 13 heteroatoms. The minimum atomic E-state index is -2.77. The van der Waals surface area contributed by atoms with Crippen molar-refractivity contribution in [2.45, 2.75) is 33.9 Å². The molecule has 0 bridgehead atoms. The maximum atomic E-state index is 13.1. The van der Waals surface area contributed by atoms with Gasteiger partial charge in [0.05, 0.1) is 22.1 Å². The summed E-state index contributed by atoms with van der Waals surface area (Å²) in [5, 5.41) is 12.2. The maximum absolute atomic E-state index is 13.1. The SMILES string of the molecule is Cc1nn(Cn2ccc(C(=O)Nc3c(C(N)=O)sc4nc(C(F)F)cc(C)c34)n2)c(C)c1Cl. The number of nitrogens with two attached hydrogens (primary N) is 1. The van der Waals surface area contributed by atoms with Crippen molar-refractivity contribution in [1.82, 2.24) is 24.5 Å². The van der Waals surface area contributed by atoms with Crippen molar-refractivity contribution < 1.29 is 18.4 Å². The molecule has 0 aromatic carbocycles. The van der Waals surface area contributed by atoms with Crippen LogP contribution in [-0.4, -0.2) is 36.4 Å². The van der Waals surface area contributed by atoms with Crippen LogP contribution in [0.25, 0.3) is 10.2 Å². The number of aromatic nitrogens is 5. The van der Waals surface area contributed by atoms with E-state index in [0.29, 0.717) is 21.7 Å². The topological polar surface area (TPSA) is 121 Å². The van der Waals surface area contributed by atoms with Crippen LogP contribution < -0.4 is 11.1 Å². The minimum Gasteiger partial charge on any atom is -0.365 e. The van der Waals surface area contributed by atoms with E-state index < -0.39 is 23.9 Å². The molecule has 33 heavy (non-hydrogen) atoms. The molecule has 4 aromatic heterocycles. The summed E-state index contributed by atoms with van der Waals surface area (Å²) < 4.78 is 29.4. The number of carbonyl (C=O) groups excluding carboxylic acids is 2. The van der Waals surface area contributed by atoms with Gasteiger partial charge < -0.3 is 11.1 Å². The first-order valence-corrected chi connectivity index (χ1v) is 10.8. The van der Waals surface area contributed by atoms with Gasteiger partial charge in [-0.1, -0.05) is 11.6 Å². The molecule has 9 nitrogen and oxygen atoms in total. The molecule has 0 aliphatic carbocycles. The van der Waals surface area contributed by atoms with Gasteiger partial charge in [-0.3, -0.25) is 14.3 Å². The van der Waals surface area contributed by atoms with E-state index in [-0.39, 0.29) is 27.8 Å². The lowest BCUT2D eigenvalue weighted by Gasteiger charge is -2.07. The van der Waals surface area contributed by atoms with Crippen LogP contribution in [0.3, 0.4) is 0 Å². The van der Waals surface area contributed by atoms with Gasteiger partial charge in [-0.05, 0) is 38.5 Å². The van der Waals surface area contributed by atoms with Crippen molar-refractivity contribution in [2.75, 3.05) is 5.32 Å². The number of anilines is 1. The third-order valence-electron chi connectivity index (χ3n) is 5.01. The molecule has 4 heterocycles. The molecule has 0 unspecified atom stereocenters. The van der Waals surface area contributed by atoms with Gasteiger partial charge in [-0.2, -0.15) is 10.2 Å². The molecule has 0 atom stereocenters. The molecule has 0 radical (unpaired) electrons. The number of amides is 2. The van der Waals surface area contributed by atoms with Crippen LogP contribution in [-0.2, 0) is 6.67 Å². The highest BCUT2D eigenvalue weighted by Gasteiger charge is 2.24. The fourth-order valence-corrected chi connectivity index (χ4v) is 4.60. The third-order valence-corrected chi connectivity index (χ3v) is 6.66. The van der Waals surface area contributed by atoms with Crippen molar-refractivity contribution >= 4 is 50.7 Å². The van der Waals surface area contributed by atoms with Crippen molar-refractivity contribution in [2.24, 2.45) is 5.73 Å². The van der Waals surface area contributed by atoms with Crippen LogP contribution in [0.1, 0.15) is 49.2 Å². The van der Waals surface area contributed by atoms with Crippen LogP contribution in [0.15, 0.2) is 18.3 Å². The van der Waals surface area contributed by atoms with Gasteiger partial charge >= 0.3 is 0 Å². The molecule has 4 rings (SSSR count). The largest absolute Gasteiger partial charge is 0.365 e. The van der Waals surface area contributed by atoms with Crippen LogP contribution >= 0.6 is 22.9 Å². The number of pyridine rings is 1. The highest BCUT2D eigenvalue weighted by Crippen LogP contribution is 2.38. The molecular weight excluding hydrogens is 476 g/mol. The van der Waals surface area contributed by atoms with Crippen molar-refractivity contribution in [1.29, 1.82) is 0 Å². The average molecular weight is 494 g/mol. The summed E-state index contributed by atoms with van der Waals surface area (Å²) in [7, 11) is 0. The Bertz CT molecular complexity index is 1410. The Morgan fingerprint density at radius 2 is 2.00 bits per heavy atom. The Kier molecular flexibility index (Phi) is 5.89. The average Bonchev–Trinajstić information content (AvgIpc) is 3.42. The predicted molar refractivity (Wildman–Crippen MR) is 120 cm³/mol. The number of hydrogen-bond donors (Lipinski definition) is 2. The van der Waals surface area contributed by atoms with Crippen LogP contribution in [0.4, 0.5) is 14.5 Å². The number of nitrogens with one attached hydrogen (secondary N) is 1. The Labute approximate surface area is 195 Å². The second-order valence-corrected chi connectivity index (χ2v) is 8.71. The normalized spacial score (nSPS) is 11.5. The number of thiophene rings is 1. The van der Waals surface area contributed by atoms with E-state index in [0.717, 1.165) is 17.0 Å². The van der Waals surface area contributed by atoms with Gasteiger partial charge in [-0.25, -0.2) is 18.4 Å². The molecule has 2 amide bonds. The summed E-state index contributed by atoms with van der Waals surface area (Å²) in [5.41, 5.74) is 7.12. The zero-order chi connectivity index (χ0) is 24.0. The Morgan fingerprint density at radius 1 is 1.27 bits per heavy atom. The Balaban J connectivity index is 1.65. The number of alkyl halides is 2. The summed E-state index contributed by atoms with van der Waals surface area (Å²) in [4.78, 5) is 29.0. The maximum Gasteiger partial charge on any atom is 0.280 e. The second-order valence-electron chi connectivity index (χ2n) is 7.34. The van der Waals surface area contributed by atoms with E-state index in [4.69, 9.17) is 17.3 Å². The van der Waals surface area contributed by atoms with Crippen LogP contribution in [0.2, 0.25) is 5.02 Å². The van der Waals surface area contributed by atoms with E-state index in [2.05, 4.69) is 20.5 Å². The minimum absolute atomic E-state index is 0.0112. The van der Waals surface area contributed by atoms with Crippen LogP contribution in [0.5, 0.6) is 0 Å². The molecule has 3 N–H and O–H groups in total. The van der Waals surface area contributed by atoms with Crippen molar-refractivity contribution in [3.63, 3.8) is 0 Å². The summed E-state index contributed by atoms with van der Waals surface area (Å²) in [5.74, 6) is -1.40. The van der Waals surface area contributed by atoms with E-state index >= 15 is 0 Å². The van der Waals surface area contributed by atoms with Gasteiger partial charge in [-0.15, -0.1) is 11.3 Å². The summed E-state index contributed by atoms with van der Waals surface area (Å²) in [6.45, 7) is 5.44. The number of nitrogens with zero attached hydrogens (tertiary/aromatic N) is 5. The molecule has 0 spiro atoms. The second kappa shape index (κ2) is 8.52. The number of carbonyl (C=O) groups is 2. The number of hydrogen-bond acceptors (Lipinski definition) is 6. The molecule has 0 aliphatic heterocycles. The monoisotopic (exact) mass is 493 g/mol. The van der Waals surface area contributed by atoms with Crippen molar-refractivity contribution in [3.05, 3.63) is 56.6 Å². The lowest BCUT2D eigenvalue weighted by Crippen LogP contribution is -2.18. The summed E-state index contributed by atoms with van der Waals surface area (Å²) in [6, 6.07) is 2.72. The molecule has 0 saturated carbocycles. The van der Waals surface area contributed by atoms with Crippen molar-refractivity contribution in [3.8, 4) is 0 Å². The first kappa shape index (κ1) is 22.8. The Morgan fingerprint density at radius 3 is 2.61 bits per heavy atom. The fraction of sp³-hybridized carbons (Fsp3) is 0.250. The first-order chi connectivity index (χ1) is 15.6. The molecule has 0 aliphatic rings. The number of rotatable bonds is 6. The summed E-state index contributed by atoms with van der Waals surface area (Å²) >= 11 is 7.01. The number of primary amides is 1. The van der Waals surface area contributed by atoms with Gasteiger partial charge in [0.2, 0.25) is 0 Å². The number of fused-ring (bicyclic) bond motifs is 1. The number of halogens is 3. The molecule has 4 aromatic rings. The first-order valence-electron chi connectivity index (χ1n) is 9.63. The lowest BCUT2D eigenvalue weighted by atomic mass is 10.1. The third kappa shape index (κ3) is 4.18. The van der Waals surface area contributed by atoms with Gasteiger partial charge in [0, 0.05) is 11.6 Å². The van der Waals surface area contributed by atoms with E-state index in [9.17, 15) is 18.4 Å². The van der Waals surface area contributed by atoms with Gasteiger partial charge in [0.1, 0.15) is 22.1 Å². The highest BCUT2D eigenvalue weighted by molar-refractivity contribution is 7.21. The van der Waals surface area contributed by atoms with Gasteiger partial charge in [0.25, 0.3) is 18.2 Å². The quantitative estimate of drug-likeness (QED) is 0.419. The van der Waals surface area contributed by atoms with E-state index in [1.54, 1.807) is 24.7 Å². The summed E-state index contributed by atoms with van der Waals surface area (Å²) in [6.07, 6.45) is -1.17. The molecule has 0 fully saturated rings. The lowest BCUT2D eigenvalue weighted by molar-refractivity contribution is 0.100. The zero-order valence-electron chi connectivity index (χ0n) is 17.7. The van der Waals surface area contributed by atoms with Crippen LogP contribution in [0, 0.1) is 20.8 Å².